The predicted octanol–water partition coefficient (Wildman–Crippen LogP) is 1.42. The number of pyridine rings is 1. The van der Waals surface area contributed by atoms with E-state index in [2.05, 4.69) is 15.2 Å². The first-order chi connectivity index (χ1) is 7.66. The Morgan fingerprint density at radius 2 is 2.25 bits per heavy atom. The van der Waals surface area contributed by atoms with Crippen LogP contribution in [0.3, 0.4) is 0 Å². The van der Waals surface area contributed by atoms with Gasteiger partial charge in [-0.2, -0.15) is 5.10 Å². The van der Waals surface area contributed by atoms with Crippen LogP contribution in [0.25, 0.3) is 11.0 Å². The molecule has 2 aromatic heterocycles. The fourth-order valence-electron chi connectivity index (χ4n) is 1.42. The summed E-state index contributed by atoms with van der Waals surface area (Å²) in [4.78, 5) is 4.16. The van der Waals surface area contributed by atoms with E-state index in [-0.39, 0.29) is 12.7 Å². The van der Waals surface area contributed by atoms with Crippen LogP contribution in [0.5, 0.6) is 0 Å². The van der Waals surface area contributed by atoms with Crippen LogP contribution >= 0.6 is 0 Å². The Bertz CT molecular complexity index is 467. The molecule has 0 aliphatic heterocycles. The average molecular weight is 221 g/mol. The maximum Gasteiger partial charge on any atom is 0.155 e. The van der Waals surface area contributed by atoms with E-state index in [9.17, 15) is 5.11 Å². The number of aromatic amines is 1. The first-order valence-corrected chi connectivity index (χ1v) is 5.25. The van der Waals surface area contributed by atoms with E-state index in [0.717, 1.165) is 16.6 Å². The van der Waals surface area contributed by atoms with Crippen molar-refractivity contribution in [2.24, 2.45) is 0 Å². The summed E-state index contributed by atoms with van der Waals surface area (Å²) >= 11 is 0. The second kappa shape index (κ2) is 4.59. The number of aromatic nitrogens is 3. The maximum atomic E-state index is 9.87. The van der Waals surface area contributed by atoms with Crippen LogP contribution in [-0.2, 0) is 4.74 Å². The van der Waals surface area contributed by atoms with Crippen molar-refractivity contribution in [1.29, 1.82) is 0 Å². The Morgan fingerprint density at radius 1 is 1.44 bits per heavy atom. The minimum Gasteiger partial charge on any atom is -0.386 e. The number of nitrogens with one attached hydrogen (secondary N) is 1. The van der Waals surface area contributed by atoms with Gasteiger partial charge in [0.1, 0.15) is 6.10 Å². The van der Waals surface area contributed by atoms with Crippen molar-refractivity contribution in [2.45, 2.75) is 26.1 Å². The van der Waals surface area contributed by atoms with E-state index < -0.39 is 6.10 Å². The van der Waals surface area contributed by atoms with Crippen molar-refractivity contribution >= 4 is 11.0 Å². The molecule has 2 N–H and O–H groups in total. The summed E-state index contributed by atoms with van der Waals surface area (Å²) in [6.45, 7) is 4.15. The van der Waals surface area contributed by atoms with E-state index in [0.29, 0.717) is 0 Å². The van der Waals surface area contributed by atoms with Crippen molar-refractivity contribution < 1.29 is 9.84 Å². The molecule has 0 aliphatic carbocycles. The highest BCUT2D eigenvalue weighted by Gasteiger charge is 2.10. The van der Waals surface area contributed by atoms with Gasteiger partial charge in [-0.1, -0.05) is 0 Å². The van der Waals surface area contributed by atoms with Crippen molar-refractivity contribution in [3.8, 4) is 0 Å². The third-order valence-electron chi connectivity index (χ3n) is 2.28. The molecule has 0 saturated heterocycles. The number of hydrogen-bond acceptors (Lipinski definition) is 4. The number of hydrogen-bond donors (Lipinski definition) is 2. The zero-order valence-corrected chi connectivity index (χ0v) is 9.34. The molecule has 0 spiro atoms. The van der Waals surface area contributed by atoms with Gasteiger partial charge in [0.25, 0.3) is 0 Å². The smallest absolute Gasteiger partial charge is 0.155 e. The molecule has 86 valence electrons. The van der Waals surface area contributed by atoms with Crippen LogP contribution in [0.4, 0.5) is 0 Å². The Morgan fingerprint density at radius 3 is 3.00 bits per heavy atom. The Balaban J connectivity index is 2.12. The molecule has 5 heteroatoms. The molecule has 0 bridgehead atoms. The van der Waals surface area contributed by atoms with E-state index in [1.165, 1.54) is 0 Å². The van der Waals surface area contributed by atoms with Crippen LogP contribution < -0.4 is 0 Å². The van der Waals surface area contributed by atoms with E-state index in [1.54, 1.807) is 12.4 Å². The lowest BCUT2D eigenvalue weighted by Gasteiger charge is -2.13. The van der Waals surface area contributed by atoms with Crippen LogP contribution in [0.2, 0.25) is 0 Å². The molecule has 5 nitrogen and oxygen atoms in total. The number of H-pyrrole nitrogens is 1. The molecule has 0 aromatic carbocycles. The Labute approximate surface area is 93.5 Å². The standard InChI is InChI=1S/C11H15N3O2/c1-7(2)16-6-10(15)8-3-9-5-13-14-11(9)12-4-8/h3-5,7,10,15H,6H2,1-2H3,(H,12,13,14)/t10-/m0/s1. The molecule has 0 unspecified atom stereocenters. The highest BCUT2D eigenvalue weighted by atomic mass is 16.5. The molecule has 16 heavy (non-hydrogen) atoms. The van der Waals surface area contributed by atoms with Crippen molar-refractivity contribution in [2.75, 3.05) is 6.61 Å². The van der Waals surface area contributed by atoms with Gasteiger partial charge in [0.2, 0.25) is 0 Å². The van der Waals surface area contributed by atoms with Gasteiger partial charge in [0.15, 0.2) is 5.65 Å². The maximum absolute atomic E-state index is 9.87. The number of nitrogens with zero attached hydrogens (tertiary/aromatic N) is 2. The topological polar surface area (TPSA) is 71.0 Å². The normalized spacial score (nSPS) is 13.5. The van der Waals surface area contributed by atoms with Crippen molar-refractivity contribution in [3.05, 3.63) is 24.0 Å². The summed E-state index contributed by atoms with van der Waals surface area (Å²) in [7, 11) is 0. The van der Waals surface area contributed by atoms with Crippen LogP contribution in [0, 0.1) is 0 Å². The summed E-state index contributed by atoms with van der Waals surface area (Å²) in [6, 6.07) is 1.86. The molecule has 0 amide bonds. The van der Waals surface area contributed by atoms with Gasteiger partial charge < -0.3 is 9.84 Å². The Hall–Kier alpha value is -1.46. The Kier molecular flexibility index (Phi) is 3.17. The van der Waals surface area contributed by atoms with E-state index in [4.69, 9.17) is 4.74 Å². The summed E-state index contributed by atoms with van der Waals surface area (Å²) in [5.41, 5.74) is 1.47. The zero-order valence-electron chi connectivity index (χ0n) is 9.34. The number of ether oxygens (including phenoxy) is 1. The molecule has 1 atom stereocenters. The van der Waals surface area contributed by atoms with Crippen LogP contribution in [0.15, 0.2) is 18.5 Å². The van der Waals surface area contributed by atoms with Gasteiger partial charge in [-0.15, -0.1) is 0 Å². The monoisotopic (exact) mass is 221 g/mol. The first kappa shape index (κ1) is 11.0. The molecule has 0 aliphatic rings. The third kappa shape index (κ3) is 2.37. The van der Waals surface area contributed by atoms with Gasteiger partial charge in [0.05, 0.1) is 18.9 Å². The largest absolute Gasteiger partial charge is 0.386 e. The molecular weight excluding hydrogens is 206 g/mol. The van der Waals surface area contributed by atoms with Gasteiger partial charge >= 0.3 is 0 Å². The molecule has 0 saturated carbocycles. The molecular formula is C11H15N3O2. The number of fused-ring (bicyclic) bond motifs is 1. The fraction of sp³-hybridized carbons (Fsp3) is 0.455. The molecule has 0 fully saturated rings. The summed E-state index contributed by atoms with van der Waals surface area (Å²) in [5.74, 6) is 0. The second-order valence-corrected chi connectivity index (χ2v) is 3.97. The summed E-state index contributed by atoms with van der Waals surface area (Å²) in [6.07, 6.45) is 2.78. The highest BCUT2D eigenvalue weighted by Crippen LogP contribution is 2.17. The molecule has 2 aromatic rings. The lowest BCUT2D eigenvalue weighted by Crippen LogP contribution is -2.12. The fourth-order valence-corrected chi connectivity index (χ4v) is 1.42. The summed E-state index contributed by atoms with van der Waals surface area (Å²) in [5, 5.41) is 17.4. The molecule has 2 rings (SSSR count). The number of aliphatic hydroxyl groups is 1. The zero-order chi connectivity index (χ0) is 11.5. The first-order valence-electron chi connectivity index (χ1n) is 5.25. The molecule has 0 radical (unpaired) electrons. The van der Waals surface area contributed by atoms with Crippen molar-refractivity contribution in [3.63, 3.8) is 0 Å². The van der Waals surface area contributed by atoms with Gasteiger partial charge in [-0.25, -0.2) is 4.98 Å². The minimum atomic E-state index is -0.644. The van der Waals surface area contributed by atoms with Crippen LogP contribution in [0.1, 0.15) is 25.5 Å². The van der Waals surface area contributed by atoms with Crippen molar-refractivity contribution in [1.82, 2.24) is 15.2 Å². The number of aliphatic hydroxyl groups excluding tert-OH is 1. The van der Waals surface area contributed by atoms with E-state index >= 15 is 0 Å². The molecule has 2 heterocycles. The number of rotatable bonds is 4. The van der Waals surface area contributed by atoms with Gasteiger partial charge in [-0.3, -0.25) is 5.10 Å². The third-order valence-corrected chi connectivity index (χ3v) is 2.28. The lowest BCUT2D eigenvalue weighted by atomic mass is 10.1. The predicted molar refractivity (Wildman–Crippen MR) is 59.9 cm³/mol. The summed E-state index contributed by atoms with van der Waals surface area (Å²) < 4.78 is 5.35. The lowest BCUT2D eigenvalue weighted by molar-refractivity contribution is 0.00486. The highest BCUT2D eigenvalue weighted by molar-refractivity contribution is 5.74. The van der Waals surface area contributed by atoms with Crippen LogP contribution in [-0.4, -0.2) is 33.0 Å². The van der Waals surface area contributed by atoms with Gasteiger partial charge in [-0.05, 0) is 19.9 Å². The minimum absolute atomic E-state index is 0.111. The SMILES string of the molecule is CC(C)OC[C@H](O)c1cnc2[nH]ncc2c1. The second-order valence-electron chi connectivity index (χ2n) is 3.97. The average Bonchev–Trinajstić information content (AvgIpc) is 2.72. The quantitative estimate of drug-likeness (QED) is 0.819. The van der Waals surface area contributed by atoms with Gasteiger partial charge in [0, 0.05) is 17.1 Å². The van der Waals surface area contributed by atoms with E-state index in [1.807, 2.05) is 19.9 Å².